The Morgan fingerprint density at radius 1 is 1.14 bits per heavy atom. The van der Waals surface area contributed by atoms with Gasteiger partial charge in [-0.15, -0.1) is 0 Å². The number of carbonyl (C=O) groups is 1. The van der Waals surface area contributed by atoms with Crippen molar-refractivity contribution in [2.24, 2.45) is 0 Å². The van der Waals surface area contributed by atoms with E-state index < -0.39 is 28.2 Å². The molecule has 1 amide bonds. The van der Waals surface area contributed by atoms with E-state index in [1.54, 1.807) is 0 Å². The predicted molar refractivity (Wildman–Crippen MR) is 69.1 cm³/mol. The fourth-order valence-corrected chi connectivity index (χ4v) is 1.62. The molecule has 0 aliphatic heterocycles. The zero-order valence-corrected chi connectivity index (χ0v) is 10.3. The number of halogens is 2. The van der Waals surface area contributed by atoms with Crippen LogP contribution in [0.4, 0.5) is 20.2 Å². The molecule has 0 heterocycles. The van der Waals surface area contributed by atoms with Gasteiger partial charge in [0.2, 0.25) is 0 Å². The fourth-order valence-electron chi connectivity index (χ4n) is 1.62. The molecule has 108 valence electrons. The van der Waals surface area contributed by atoms with Crippen molar-refractivity contribution in [2.45, 2.75) is 0 Å². The van der Waals surface area contributed by atoms with Crippen LogP contribution in [-0.4, -0.2) is 15.9 Å². The van der Waals surface area contributed by atoms with E-state index in [9.17, 15) is 28.8 Å². The summed E-state index contributed by atoms with van der Waals surface area (Å²) in [5.41, 5.74) is -0.761. The van der Waals surface area contributed by atoms with Crippen LogP contribution >= 0.6 is 0 Å². The first kappa shape index (κ1) is 14.4. The summed E-state index contributed by atoms with van der Waals surface area (Å²) >= 11 is 0. The Hall–Kier alpha value is -3.03. The first-order chi connectivity index (χ1) is 9.86. The lowest BCUT2D eigenvalue weighted by atomic mass is 10.2. The molecule has 2 aromatic rings. The minimum absolute atomic E-state index is 0.115. The summed E-state index contributed by atoms with van der Waals surface area (Å²) in [6.45, 7) is 0. The molecular formula is C13H8F2N2O4. The Morgan fingerprint density at radius 3 is 2.29 bits per heavy atom. The van der Waals surface area contributed by atoms with E-state index in [0.29, 0.717) is 6.07 Å². The molecule has 0 radical (unpaired) electrons. The van der Waals surface area contributed by atoms with E-state index in [1.165, 1.54) is 0 Å². The van der Waals surface area contributed by atoms with Crippen molar-refractivity contribution in [1.82, 2.24) is 0 Å². The zero-order valence-electron chi connectivity index (χ0n) is 10.3. The standard InChI is InChI=1S/C13H8F2N2O4/c14-8-3-7(4-9(15)5-8)13(19)16-11-2-1-10(17(20)21)6-12(11)18/h1-6,18H,(H,16,19). The largest absolute Gasteiger partial charge is 0.506 e. The molecule has 0 aliphatic rings. The van der Waals surface area contributed by atoms with Gasteiger partial charge in [0.25, 0.3) is 11.6 Å². The van der Waals surface area contributed by atoms with Gasteiger partial charge in [0.05, 0.1) is 16.7 Å². The molecule has 0 aromatic heterocycles. The van der Waals surface area contributed by atoms with E-state index in [2.05, 4.69) is 5.32 Å². The third-order valence-corrected chi connectivity index (χ3v) is 2.57. The van der Waals surface area contributed by atoms with Crippen molar-refractivity contribution in [3.8, 4) is 5.75 Å². The summed E-state index contributed by atoms with van der Waals surface area (Å²) in [6, 6.07) is 5.28. The average molecular weight is 294 g/mol. The second-order valence-corrected chi connectivity index (χ2v) is 4.07. The Balaban J connectivity index is 2.25. The summed E-state index contributed by atoms with van der Waals surface area (Å²) < 4.78 is 26.0. The Bertz CT molecular complexity index is 714. The number of phenols is 1. The van der Waals surface area contributed by atoms with Crippen LogP contribution in [0.15, 0.2) is 36.4 Å². The number of phenolic OH excluding ortho intramolecular Hbond substituents is 1. The molecule has 6 nitrogen and oxygen atoms in total. The molecular weight excluding hydrogens is 286 g/mol. The van der Waals surface area contributed by atoms with Crippen molar-refractivity contribution in [3.05, 3.63) is 63.7 Å². The number of nitrogens with one attached hydrogen (secondary N) is 1. The van der Waals surface area contributed by atoms with Crippen molar-refractivity contribution >= 4 is 17.3 Å². The Kier molecular flexibility index (Phi) is 3.79. The maximum Gasteiger partial charge on any atom is 0.273 e. The Morgan fingerprint density at radius 2 is 1.76 bits per heavy atom. The van der Waals surface area contributed by atoms with Gasteiger partial charge in [-0.3, -0.25) is 14.9 Å². The summed E-state index contributed by atoms with van der Waals surface area (Å²) in [4.78, 5) is 21.6. The topological polar surface area (TPSA) is 92.5 Å². The number of carbonyl (C=O) groups excluding carboxylic acids is 1. The number of nitrogens with zero attached hydrogens (tertiary/aromatic N) is 1. The number of rotatable bonds is 3. The normalized spacial score (nSPS) is 10.2. The molecule has 0 atom stereocenters. The molecule has 8 heteroatoms. The monoisotopic (exact) mass is 294 g/mol. The maximum atomic E-state index is 13.0. The minimum Gasteiger partial charge on any atom is -0.506 e. The van der Waals surface area contributed by atoms with E-state index in [1.807, 2.05) is 0 Å². The van der Waals surface area contributed by atoms with Crippen LogP contribution < -0.4 is 5.32 Å². The lowest BCUT2D eigenvalue weighted by Gasteiger charge is -2.07. The molecule has 0 fully saturated rings. The van der Waals surface area contributed by atoms with Crippen molar-refractivity contribution in [2.75, 3.05) is 5.32 Å². The SMILES string of the molecule is O=C(Nc1ccc([N+](=O)[O-])cc1O)c1cc(F)cc(F)c1. The highest BCUT2D eigenvalue weighted by Gasteiger charge is 2.14. The quantitative estimate of drug-likeness (QED) is 0.517. The number of aromatic hydroxyl groups is 1. The highest BCUT2D eigenvalue weighted by molar-refractivity contribution is 6.05. The average Bonchev–Trinajstić information content (AvgIpc) is 2.39. The number of benzene rings is 2. The van der Waals surface area contributed by atoms with Crippen LogP contribution in [0.2, 0.25) is 0 Å². The van der Waals surface area contributed by atoms with Crippen molar-refractivity contribution < 1.29 is 23.6 Å². The smallest absolute Gasteiger partial charge is 0.273 e. The van der Waals surface area contributed by atoms with Crippen LogP contribution in [-0.2, 0) is 0 Å². The van der Waals surface area contributed by atoms with Crippen LogP contribution in [0.5, 0.6) is 5.75 Å². The summed E-state index contributed by atoms with van der Waals surface area (Å²) in [5.74, 6) is -3.24. The van der Waals surface area contributed by atoms with Crippen molar-refractivity contribution in [1.29, 1.82) is 0 Å². The van der Waals surface area contributed by atoms with E-state index in [4.69, 9.17) is 0 Å². The second-order valence-electron chi connectivity index (χ2n) is 4.07. The molecule has 0 saturated carbocycles. The van der Waals surface area contributed by atoms with Crippen LogP contribution in [0.1, 0.15) is 10.4 Å². The summed E-state index contributed by atoms with van der Waals surface area (Å²) in [5, 5.41) is 22.3. The molecule has 2 rings (SSSR count). The van der Waals surface area contributed by atoms with Gasteiger partial charge >= 0.3 is 0 Å². The third kappa shape index (κ3) is 3.30. The predicted octanol–water partition coefficient (Wildman–Crippen LogP) is 2.83. The minimum atomic E-state index is -0.923. The molecule has 2 N–H and O–H groups in total. The van der Waals surface area contributed by atoms with Gasteiger partial charge in [-0.2, -0.15) is 0 Å². The molecule has 2 aromatic carbocycles. The number of nitro groups is 1. The lowest BCUT2D eigenvalue weighted by Crippen LogP contribution is -2.12. The van der Waals surface area contributed by atoms with Gasteiger partial charge in [0, 0.05) is 17.7 Å². The summed E-state index contributed by atoms with van der Waals surface area (Å²) in [6.07, 6.45) is 0. The van der Waals surface area contributed by atoms with Crippen LogP contribution in [0, 0.1) is 21.7 Å². The second kappa shape index (κ2) is 5.53. The molecule has 0 saturated heterocycles. The number of hydrogen-bond acceptors (Lipinski definition) is 4. The first-order valence-corrected chi connectivity index (χ1v) is 5.61. The van der Waals surface area contributed by atoms with Crippen LogP contribution in [0.25, 0.3) is 0 Å². The van der Waals surface area contributed by atoms with Gasteiger partial charge in [0.1, 0.15) is 17.4 Å². The van der Waals surface area contributed by atoms with Gasteiger partial charge in [-0.05, 0) is 18.2 Å². The highest BCUT2D eigenvalue weighted by Crippen LogP contribution is 2.28. The fraction of sp³-hybridized carbons (Fsp3) is 0. The van der Waals surface area contributed by atoms with E-state index in [0.717, 1.165) is 30.3 Å². The summed E-state index contributed by atoms with van der Waals surface area (Å²) in [7, 11) is 0. The van der Waals surface area contributed by atoms with Crippen molar-refractivity contribution in [3.63, 3.8) is 0 Å². The van der Waals surface area contributed by atoms with Gasteiger partial charge in [0.15, 0.2) is 0 Å². The van der Waals surface area contributed by atoms with E-state index >= 15 is 0 Å². The number of hydrogen-bond donors (Lipinski definition) is 2. The van der Waals surface area contributed by atoms with E-state index in [-0.39, 0.29) is 16.9 Å². The van der Waals surface area contributed by atoms with Crippen LogP contribution in [0.3, 0.4) is 0 Å². The Labute approximate surface area is 116 Å². The number of amides is 1. The van der Waals surface area contributed by atoms with Gasteiger partial charge in [-0.25, -0.2) is 8.78 Å². The number of non-ortho nitro benzene ring substituents is 1. The highest BCUT2D eigenvalue weighted by atomic mass is 19.1. The van der Waals surface area contributed by atoms with Gasteiger partial charge < -0.3 is 10.4 Å². The molecule has 0 bridgehead atoms. The number of anilines is 1. The molecule has 0 aliphatic carbocycles. The third-order valence-electron chi connectivity index (χ3n) is 2.57. The lowest BCUT2D eigenvalue weighted by molar-refractivity contribution is -0.384. The maximum absolute atomic E-state index is 13.0. The first-order valence-electron chi connectivity index (χ1n) is 5.61. The molecule has 0 unspecified atom stereocenters. The molecule has 21 heavy (non-hydrogen) atoms. The molecule has 0 spiro atoms. The van der Waals surface area contributed by atoms with Gasteiger partial charge in [-0.1, -0.05) is 0 Å². The number of nitro benzene ring substituents is 1. The zero-order chi connectivity index (χ0) is 15.6.